The van der Waals surface area contributed by atoms with Gasteiger partial charge in [-0.15, -0.1) is 0 Å². The van der Waals surface area contributed by atoms with Crippen molar-refractivity contribution in [2.24, 2.45) is 0 Å². The summed E-state index contributed by atoms with van der Waals surface area (Å²) < 4.78 is 7.05. The fourth-order valence-corrected chi connectivity index (χ4v) is 4.15. The van der Waals surface area contributed by atoms with Crippen molar-refractivity contribution in [1.82, 2.24) is 4.57 Å². The lowest BCUT2D eigenvalue weighted by molar-refractivity contribution is -0.385. The van der Waals surface area contributed by atoms with Crippen molar-refractivity contribution in [3.8, 4) is 6.07 Å². The summed E-state index contributed by atoms with van der Waals surface area (Å²) in [4.78, 5) is 35.6. The fourth-order valence-electron chi connectivity index (χ4n) is 4.15. The van der Waals surface area contributed by atoms with Crippen LogP contribution in [0.2, 0.25) is 0 Å². The highest BCUT2D eigenvalue weighted by atomic mass is 16.6. The van der Waals surface area contributed by atoms with Gasteiger partial charge >= 0.3 is 5.97 Å². The largest absolute Gasteiger partial charge is 0.452 e. The molecule has 0 atom stereocenters. The van der Waals surface area contributed by atoms with E-state index in [-0.39, 0.29) is 17.3 Å². The number of esters is 1. The monoisotopic (exact) mass is 424 g/mol. The van der Waals surface area contributed by atoms with E-state index >= 15 is 0 Å². The third-order valence-corrected chi connectivity index (χ3v) is 5.80. The van der Waals surface area contributed by atoms with E-state index in [4.69, 9.17) is 4.74 Å². The van der Waals surface area contributed by atoms with Gasteiger partial charge in [0, 0.05) is 17.8 Å². The number of hydrogen-bond donors (Lipinski definition) is 1. The molecule has 1 amide bonds. The minimum Gasteiger partial charge on any atom is -0.452 e. The first-order valence-corrected chi connectivity index (χ1v) is 10.1. The van der Waals surface area contributed by atoms with Gasteiger partial charge in [-0.2, -0.15) is 5.26 Å². The number of anilines is 1. The van der Waals surface area contributed by atoms with Gasteiger partial charge in [-0.3, -0.25) is 14.9 Å². The van der Waals surface area contributed by atoms with Crippen molar-refractivity contribution >= 4 is 23.4 Å². The molecule has 1 aliphatic carbocycles. The number of nitriles is 1. The zero-order chi connectivity index (χ0) is 22.7. The molecule has 1 heterocycles. The summed E-state index contributed by atoms with van der Waals surface area (Å²) in [5.74, 6) is -1.15. The van der Waals surface area contributed by atoms with Gasteiger partial charge in [0.05, 0.1) is 10.5 Å². The van der Waals surface area contributed by atoms with Crippen molar-refractivity contribution in [3.05, 3.63) is 56.3 Å². The molecule has 0 bridgehead atoms. The lowest BCUT2D eigenvalue weighted by atomic mass is 10.1. The number of amides is 1. The second kappa shape index (κ2) is 9.00. The summed E-state index contributed by atoms with van der Waals surface area (Å²) in [6, 6.07) is 6.60. The minimum absolute atomic E-state index is 0.181. The third kappa shape index (κ3) is 4.28. The van der Waals surface area contributed by atoms with E-state index in [0.29, 0.717) is 16.9 Å². The smallest absolute Gasteiger partial charge is 0.345 e. The van der Waals surface area contributed by atoms with Gasteiger partial charge in [0.1, 0.15) is 17.5 Å². The summed E-state index contributed by atoms with van der Waals surface area (Å²) in [6.07, 6.45) is 4.11. The molecule has 9 nitrogen and oxygen atoms in total. The van der Waals surface area contributed by atoms with Crippen LogP contribution in [0.25, 0.3) is 0 Å². The number of carbonyl (C=O) groups is 2. The quantitative estimate of drug-likeness (QED) is 0.422. The second-order valence-electron chi connectivity index (χ2n) is 7.70. The zero-order valence-electron chi connectivity index (χ0n) is 17.7. The number of nitrogens with one attached hydrogen (secondary N) is 1. The standard InChI is InChI=1S/C22H24N4O5/c1-13-7-6-10-18(26(29)30)20(13)22(28)31-12-19(27)24-21-17(11-23)14(2)15(3)25(21)16-8-4-5-9-16/h6-7,10,16H,4-5,8-9,12H2,1-3H3,(H,24,27). The molecule has 1 aliphatic rings. The normalized spacial score (nSPS) is 13.6. The molecule has 1 fully saturated rings. The summed E-state index contributed by atoms with van der Waals surface area (Å²) >= 11 is 0. The number of ether oxygens (including phenoxy) is 1. The van der Waals surface area contributed by atoms with Crippen LogP contribution in [0.4, 0.5) is 11.5 Å². The molecular weight excluding hydrogens is 400 g/mol. The number of nitrogens with zero attached hydrogens (tertiary/aromatic N) is 3. The Labute approximate surface area is 179 Å². The van der Waals surface area contributed by atoms with Crippen molar-refractivity contribution in [2.75, 3.05) is 11.9 Å². The van der Waals surface area contributed by atoms with Crippen molar-refractivity contribution in [2.45, 2.75) is 52.5 Å². The Kier molecular flexibility index (Phi) is 6.39. The average Bonchev–Trinajstić information content (AvgIpc) is 3.33. The van der Waals surface area contributed by atoms with Crippen LogP contribution < -0.4 is 5.32 Å². The Morgan fingerprint density at radius 1 is 1.29 bits per heavy atom. The SMILES string of the molecule is Cc1cccc([N+](=O)[O-])c1C(=O)OCC(=O)Nc1c(C#N)c(C)c(C)n1C1CCCC1. The predicted molar refractivity (Wildman–Crippen MR) is 113 cm³/mol. The number of carbonyl (C=O) groups excluding carboxylic acids is 2. The zero-order valence-corrected chi connectivity index (χ0v) is 17.7. The minimum atomic E-state index is -0.945. The van der Waals surface area contributed by atoms with Crippen LogP contribution >= 0.6 is 0 Å². The number of hydrogen-bond acceptors (Lipinski definition) is 6. The van der Waals surface area contributed by atoms with Gasteiger partial charge in [-0.1, -0.05) is 25.0 Å². The number of nitro groups is 1. The van der Waals surface area contributed by atoms with Crippen LogP contribution in [-0.4, -0.2) is 28.0 Å². The Balaban J connectivity index is 1.78. The lowest BCUT2D eigenvalue weighted by Gasteiger charge is -2.19. The van der Waals surface area contributed by atoms with Gasteiger partial charge in [0.25, 0.3) is 11.6 Å². The van der Waals surface area contributed by atoms with E-state index < -0.39 is 23.4 Å². The van der Waals surface area contributed by atoms with Gasteiger partial charge in [-0.05, 0) is 44.7 Å². The first kappa shape index (κ1) is 22.0. The number of nitro benzene ring substituents is 1. The third-order valence-electron chi connectivity index (χ3n) is 5.80. The summed E-state index contributed by atoms with van der Waals surface area (Å²) in [6.45, 7) is 4.69. The predicted octanol–water partition coefficient (Wildman–Crippen LogP) is 4.10. The molecule has 0 unspecified atom stereocenters. The Hall–Kier alpha value is -3.67. The number of aromatic nitrogens is 1. The van der Waals surface area contributed by atoms with Crippen LogP contribution in [0, 0.1) is 42.2 Å². The molecule has 31 heavy (non-hydrogen) atoms. The van der Waals surface area contributed by atoms with Crippen molar-refractivity contribution in [3.63, 3.8) is 0 Å². The fraction of sp³-hybridized carbons (Fsp3) is 0.409. The first-order chi connectivity index (χ1) is 14.8. The highest BCUT2D eigenvalue weighted by molar-refractivity contribution is 5.98. The number of benzene rings is 1. The second-order valence-corrected chi connectivity index (χ2v) is 7.70. The summed E-state index contributed by atoms with van der Waals surface area (Å²) in [7, 11) is 0. The molecule has 1 N–H and O–H groups in total. The molecule has 0 radical (unpaired) electrons. The highest BCUT2D eigenvalue weighted by Crippen LogP contribution is 2.37. The van der Waals surface area contributed by atoms with Crippen LogP contribution in [-0.2, 0) is 9.53 Å². The maximum Gasteiger partial charge on any atom is 0.345 e. The summed E-state index contributed by atoms with van der Waals surface area (Å²) in [5.41, 5.74) is 1.94. The Morgan fingerprint density at radius 2 is 1.97 bits per heavy atom. The molecule has 0 saturated heterocycles. The van der Waals surface area contributed by atoms with Gasteiger partial charge in [0.2, 0.25) is 0 Å². The van der Waals surface area contributed by atoms with Crippen LogP contribution in [0.1, 0.15) is 64.5 Å². The summed E-state index contributed by atoms with van der Waals surface area (Å²) in [5, 5.41) is 23.5. The maximum atomic E-state index is 12.6. The van der Waals surface area contributed by atoms with E-state index in [1.165, 1.54) is 12.1 Å². The molecule has 1 saturated carbocycles. The molecule has 1 aromatic carbocycles. The Morgan fingerprint density at radius 3 is 2.58 bits per heavy atom. The Bertz CT molecular complexity index is 1090. The topological polar surface area (TPSA) is 127 Å². The lowest BCUT2D eigenvalue weighted by Crippen LogP contribution is -2.24. The molecule has 0 spiro atoms. The van der Waals surface area contributed by atoms with Crippen molar-refractivity contribution in [1.29, 1.82) is 5.26 Å². The van der Waals surface area contributed by atoms with Crippen LogP contribution in [0.3, 0.4) is 0 Å². The van der Waals surface area contributed by atoms with E-state index in [1.54, 1.807) is 13.0 Å². The molecular formula is C22H24N4O5. The van der Waals surface area contributed by atoms with Crippen LogP contribution in [0.5, 0.6) is 0 Å². The van der Waals surface area contributed by atoms with Crippen molar-refractivity contribution < 1.29 is 19.2 Å². The molecule has 2 aromatic rings. The van der Waals surface area contributed by atoms with E-state index in [1.807, 2.05) is 18.4 Å². The average molecular weight is 424 g/mol. The molecule has 1 aromatic heterocycles. The van der Waals surface area contributed by atoms with Gasteiger partial charge in [-0.25, -0.2) is 4.79 Å². The molecule has 0 aliphatic heterocycles. The highest BCUT2D eigenvalue weighted by Gasteiger charge is 2.28. The first-order valence-electron chi connectivity index (χ1n) is 10.1. The maximum absolute atomic E-state index is 12.6. The van der Waals surface area contributed by atoms with E-state index in [9.17, 15) is 25.0 Å². The van der Waals surface area contributed by atoms with E-state index in [0.717, 1.165) is 36.9 Å². The van der Waals surface area contributed by atoms with Gasteiger partial charge < -0.3 is 14.6 Å². The number of aryl methyl sites for hydroxylation is 1. The molecule has 3 rings (SSSR count). The van der Waals surface area contributed by atoms with Crippen LogP contribution in [0.15, 0.2) is 18.2 Å². The number of rotatable bonds is 6. The van der Waals surface area contributed by atoms with Gasteiger partial charge in [0.15, 0.2) is 6.61 Å². The van der Waals surface area contributed by atoms with E-state index in [2.05, 4.69) is 11.4 Å². The molecule has 162 valence electrons. The molecule has 9 heteroatoms.